The maximum atomic E-state index is 12.5. The van der Waals surface area contributed by atoms with Crippen molar-refractivity contribution in [1.82, 2.24) is 26.6 Å². The second kappa shape index (κ2) is 35.8. The first-order valence-electron chi connectivity index (χ1n) is 19.8. The molecule has 9 N–H and O–H groups in total. The molecular formula is C37H65N5O16. The lowest BCUT2D eigenvalue weighted by Crippen LogP contribution is -2.45. The van der Waals surface area contributed by atoms with Crippen LogP contribution < -0.4 is 26.6 Å². The molecule has 0 aromatic rings. The number of hydrogen-bond acceptors (Lipinski definition) is 14. The predicted molar refractivity (Wildman–Crippen MR) is 205 cm³/mol. The SMILES string of the molecule is CCCCCCCCCC(=O)N[C@@H](CCC(=O)N[C@@H](CCC(=O)N[C@@H](CCC(O)NCCOCCOCC(=O)NCCOCCOCC=O)C(=O)O)C(=O)O)C(=O)O. The van der Waals surface area contributed by atoms with Gasteiger partial charge < -0.3 is 65.4 Å². The van der Waals surface area contributed by atoms with Crippen LogP contribution in [0, 0.1) is 0 Å². The highest BCUT2D eigenvalue weighted by molar-refractivity contribution is 5.87. The van der Waals surface area contributed by atoms with Crippen LogP contribution in [0.5, 0.6) is 0 Å². The summed E-state index contributed by atoms with van der Waals surface area (Å²) >= 11 is 0. The summed E-state index contributed by atoms with van der Waals surface area (Å²) in [6, 6.07) is -4.28. The van der Waals surface area contributed by atoms with Gasteiger partial charge in [-0.2, -0.15) is 0 Å². The summed E-state index contributed by atoms with van der Waals surface area (Å²) in [6.45, 7) is 3.71. The van der Waals surface area contributed by atoms with Gasteiger partial charge in [0, 0.05) is 32.4 Å². The molecule has 334 valence electrons. The molecule has 58 heavy (non-hydrogen) atoms. The highest BCUT2D eigenvalue weighted by atomic mass is 16.5. The van der Waals surface area contributed by atoms with E-state index in [0.29, 0.717) is 19.3 Å². The van der Waals surface area contributed by atoms with Gasteiger partial charge in [0.25, 0.3) is 0 Å². The number of carbonyl (C=O) groups is 8. The first-order valence-corrected chi connectivity index (χ1v) is 19.8. The third-order valence-electron chi connectivity index (χ3n) is 8.31. The second-order valence-corrected chi connectivity index (χ2v) is 13.2. The molecule has 0 radical (unpaired) electrons. The largest absolute Gasteiger partial charge is 0.480 e. The fraction of sp³-hybridized carbons (Fsp3) is 0.784. The van der Waals surface area contributed by atoms with Gasteiger partial charge in [-0.15, -0.1) is 0 Å². The van der Waals surface area contributed by atoms with E-state index in [1.54, 1.807) is 0 Å². The highest BCUT2D eigenvalue weighted by Crippen LogP contribution is 2.09. The fourth-order valence-corrected chi connectivity index (χ4v) is 5.14. The summed E-state index contributed by atoms with van der Waals surface area (Å²) in [6.07, 6.45) is 4.77. The first kappa shape index (κ1) is 53.7. The molecule has 0 aliphatic heterocycles. The van der Waals surface area contributed by atoms with Crippen LogP contribution in [0.3, 0.4) is 0 Å². The average Bonchev–Trinajstić information content (AvgIpc) is 3.17. The van der Waals surface area contributed by atoms with E-state index in [0.717, 1.165) is 38.5 Å². The predicted octanol–water partition coefficient (Wildman–Crippen LogP) is -0.535. The normalized spacial score (nSPS) is 13.1. The van der Waals surface area contributed by atoms with Gasteiger partial charge in [0.05, 0.1) is 39.6 Å². The molecule has 0 aliphatic carbocycles. The number of aliphatic hydroxyl groups is 1. The zero-order valence-electron chi connectivity index (χ0n) is 33.5. The van der Waals surface area contributed by atoms with Crippen LogP contribution in [0.15, 0.2) is 0 Å². The van der Waals surface area contributed by atoms with Gasteiger partial charge in [0.15, 0.2) is 0 Å². The first-order chi connectivity index (χ1) is 27.8. The maximum Gasteiger partial charge on any atom is 0.326 e. The molecule has 0 aromatic heterocycles. The van der Waals surface area contributed by atoms with Gasteiger partial charge in [-0.05, 0) is 32.1 Å². The van der Waals surface area contributed by atoms with Crippen LogP contribution in [0.2, 0.25) is 0 Å². The van der Waals surface area contributed by atoms with Crippen LogP contribution in [-0.4, -0.2) is 159 Å². The number of unbranched alkanes of at least 4 members (excludes halogenated alkanes) is 6. The molecule has 0 spiro atoms. The summed E-state index contributed by atoms with van der Waals surface area (Å²) in [5, 5.41) is 51.0. The number of hydrogen-bond donors (Lipinski definition) is 9. The molecule has 0 rings (SSSR count). The van der Waals surface area contributed by atoms with Gasteiger partial charge in [-0.1, -0.05) is 45.4 Å². The van der Waals surface area contributed by atoms with Crippen molar-refractivity contribution in [3.05, 3.63) is 0 Å². The van der Waals surface area contributed by atoms with E-state index in [9.17, 15) is 58.8 Å². The second-order valence-electron chi connectivity index (χ2n) is 13.2. The van der Waals surface area contributed by atoms with E-state index >= 15 is 0 Å². The summed E-state index contributed by atoms with van der Waals surface area (Å²) in [5.74, 6) is -6.59. The molecule has 4 atom stereocenters. The number of ether oxygens (including phenoxy) is 4. The van der Waals surface area contributed by atoms with E-state index in [4.69, 9.17) is 18.9 Å². The van der Waals surface area contributed by atoms with E-state index in [2.05, 4.69) is 33.5 Å². The molecular weight excluding hydrogens is 770 g/mol. The number of carbonyl (C=O) groups excluding carboxylic acids is 5. The molecule has 0 aliphatic rings. The van der Waals surface area contributed by atoms with Crippen LogP contribution >= 0.6 is 0 Å². The molecule has 0 fully saturated rings. The van der Waals surface area contributed by atoms with Crippen molar-refractivity contribution >= 4 is 47.8 Å². The van der Waals surface area contributed by atoms with Crippen molar-refractivity contribution in [2.75, 3.05) is 65.9 Å². The number of aliphatic hydroxyl groups excluding tert-OH is 1. The number of amides is 4. The van der Waals surface area contributed by atoms with E-state index in [1.807, 2.05) is 0 Å². The minimum atomic E-state index is -1.53. The summed E-state index contributed by atoms with van der Waals surface area (Å²) in [5.41, 5.74) is 0. The molecule has 0 saturated heterocycles. The Hall–Kier alpha value is -4.28. The number of nitrogens with one attached hydrogen (secondary N) is 5. The van der Waals surface area contributed by atoms with Crippen molar-refractivity contribution in [2.24, 2.45) is 0 Å². The number of aldehydes is 1. The maximum absolute atomic E-state index is 12.5. The van der Waals surface area contributed by atoms with Crippen LogP contribution in [-0.2, 0) is 57.3 Å². The van der Waals surface area contributed by atoms with E-state index in [-0.39, 0.29) is 90.9 Å². The van der Waals surface area contributed by atoms with Crippen LogP contribution in [0.4, 0.5) is 0 Å². The fourth-order valence-electron chi connectivity index (χ4n) is 5.14. The van der Waals surface area contributed by atoms with Crippen molar-refractivity contribution < 1.29 is 77.7 Å². The molecule has 4 amide bonds. The van der Waals surface area contributed by atoms with Crippen LogP contribution in [0.25, 0.3) is 0 Å². The number of carboxylic acid groups (broad SMARTS) is 3. The smallest absolute Gasteiger partial charge is 0.326 e. The monoisotopic (exact) mass is 835 g/mol. The lowest BCUT2D eigenvalue weighted by Gasteiger charge is -2.19. The average molecular weight is 836 g/mol. The van der Waals surface area contributed by atoms with Gasteiger partial charge >= 0.3 is 17.9 Å². The standard InChI is InChI=1S/C37H65N5O16/c1-2-3-4-5-6-7-8-9-31(45)40-28(36(51)52)11-14-33(47)42-29(37(53)54)12-15-32(46)41-27(35(49)50)10-13-30(44)38-16-19-56-24-25-58-26-34(48)39-17-20-55-22-23-57-21-18-43/h18,27-30,38,44H,2-17,19-26H2,1H3,(H,39,48)(H,40,45)(H,41,46)(H,42,47)(H,49,50)(H,51,52)(H,53,54)/t27-,28-,29-,30?/m0/s1. The molecule has 0 aromatic carbocycles. The Morgan fingerprint density at radius 3 is 1.53 bits per heavy atom. The van der Waals surface area contributed by atoms with Gasteiger partial charge in [-0.25, -0.2) is 14.4 Å². The highest BCUT2D eigenvalue weighted by Gasteiger charge is 2.26. The Balaban J connectivity index is 4.33. The molecule has 0 saturated carbocycles. The Morgan fingerprint density at radius 1 is 0.534 bits per heavy atom. The van der Waals surface area contributed by atoms with Gasteiger partial charge in [-0.3, -0.25) is 24.5 Å². The molecule has 0 heterocycles. The number of aliphatic carboxylic acids is 3. The van der Waals surface area contributed by atoms with Gasteiger partial charge in [0.1, 0.15) is 43.9 Å². The van der Waals surface area contributed by atoms with Crippen molar-refractivity contribution in [3.8, 4) is 0 Å². The number of rotatable bonds is 40. The topological polar surface area (TPSA) is 315 Å². The summed E-state index contributed by atoms with van der Waals surface area (Å²) < 4.78 is 20.7. The molecule has 21 nitrogen and oxygen atoms in total. The molecule has 0 bridgehead atoms. The Labute approximate surface area is 339 Å². The lowest BCUT2D eigenvalue weighted by molar-refractivity contribution is -0.144. The third kappa shape index (κ3) is 31.8. The zero-order valence-corrected chi connectivity index (χ0v) is 33.5. The third-order valence-corrected chi connectivity index (χ3v) is 8.31. The molecule has 1 unspecified atom stereocenters. The zero-order chi connectivity index (χ0) is 43.4. The van der Waals surface area contributed by atoms with Crippen LogP contribution in [0.1, 0.15) is 96.8 Å². The van der Waals surface area contributed by atoms with Crippen molar-refractivity contribution in [1.29, 1.82) is 0 Å². The summed E-state index contributed by atoms with van der Waals surface area (Å²) in [4.78, 5) is 94.2. The van der Waals surface area contributed by atoms with E-state index in [1.165, 1.54) is 0 Å². The summed E-state index contributed by atoms with van der Waals surface area (Å²) in [7, 11) is 0. The lowest BCUT2D eigenvalue weighted by atomic mass is 10.1. The number of carboxylic acids is 3. The Morgan fingerprint density at radius 2 is 1.00 bits per heavy atom. The van der Waals surface area contributed by atoms with E-state index < -0.39 is 79.2 Å². The molecule has 21 heteroatoms. The van der Waals surface area contributed by atoms with Crippen molar-refractivity contribution in [2.45, 2.75) is 121 Å². The Bertz CT molecular complexity index is 1210. The quantitative estimate of drug-likeness (QED) is 0.0213. The van der Waals surface area contributed by atoms with Gasteiger partial charge in [0.2, 0.25) is 23.6 Å². The Kier molecular flexibility index (Phi) is 33.2. The van der Waals surface area contributed by atoms with Crippen molar-refractivity contribution in [3.63, 3.8) is 0 Å². The minimum Gasteiger partial charge on any atom is -0.480 e. The minimum absolute atomic E-state index is 0.00206.